The van der Waals surface area contributed by atoms with E-state index < -0.39 is 0 Å². The Balaban J connectivity index is 1.78. The van der Waals surface area contributed by atoms with Gasteiger partial charge in [-0.05, 0) is 32.9 Å². The molecule has 1 atom stereocenters. The maximum atomic E-state index is 5.78. The third-order valence-electron chi connectivity index (χ3n) is 2.84. The Labute approximate surface area is 130 Å². The summed E-state index contributed by atoms with van der Waals surface area (Å²) in [7, 11) is 0. The van der Waals surface area contributed by atoms with E-state index in [2.05, 4.69) is 20.4 Å². The van der Waals surface area contributed by atoms with Crippen molar-refractivity contribution in [3.05, 3.63) is 40.7 Å². The molecular formula is C14H14N4OS2. The van der Waals surface area contributed by atoms with E-state index in [-0.39, 0.29) is 5.25 Å². The number of hydrogen-bond acceptors (Lipinski definition) is 7. The van der Waals surface area contributed by atoms with Crippen molar-refractivity contribution in [3.8, 4) is 11.5 Å². The molecule has 0 saturated heterocycles. The molecule has 2 aromatic heterocycles. The standard InChI is InChI=1S/C14H14N4OS2/c1-8-5-4-6-11(7-8)13-17-16-12(19-13)9(2)20-14-18-15-10(3)21-14/h4-7,9H,1-3H3. The molecule has 0 bridgehead atoms. The molecule has 0 aliphatic rings. The van der Waals surface area contributed by atoms with Crippen LogP contribution in [-0.2, 0) is 0 Å². The average Bonchev–Trinajstić information content (AvgIpc) is 3.08. The molecule has 2 heterocycles. The molecule has 0 N–H and O–H groups in total. The summed E-state index contributed by atoms with van der Waals surface area (Å²) in [5.41, 5.74) is 2.11. The maximum absolute atomic E-state index is 5.78. The topological polar surface area (TPSA) is 64.7 Å². The lowest BCUT2D eigenvalue weighted by Crippen LogP contribution is -1.88. The van der Waals surface area contributed by atoms with Crippen LogP contribution in [0.2, 0.25) is 0 Å². The van der Waals surface area contributed by atoms with Gasteiger partial charge >= 0.3 is 0 Å². The first-order valence-corrected chi connectivity index (χ1v) is 8.18. The predicted molar refractivity (Wildman–Crippen MR) is 83.4 cm³/mol. The first-order valence-electron chi connectivity index (χ1n) is 6.49. The molecule has 0 aliphatic carbocycles. The molecule has 108 valence electrons. The van der Waals surface area contributed by atoms with Crippen molar-refractivity contribution in [2.45, 2.75) is 30.4 Å². The summed E-state index contributed by atoms with van der Waals surface area (Å²) >= 11 is 3.14. The van der Waals surface area contributed by atoms with Gasteiger partial charge in [0.2, 0.25) is 11.8 Å². The molecule has 3 rings (SSSR count). The Bertz CT molecular complexity index is 753. The largest absolute Gasteiger partial charge is 0.419 e. The number of aryl methyl sites for hydroxylation is 2. The minimum Gasteiger partial charge on any atom is -0.419 e. The van der Waals surface area contributed by atoms with Crippen LogP contribution >= 0.6 is 23.1 Å². The Morgan fingerprint density at radius 1 is 1.14 bits per heavy atom. The minimum atomic E-state index is 0.0448. The predicted octanol–water partition coefficient (Wildman–Crippen LogP) is 4.06. The van der Waals surface area contributed by atoms with Crippen LogP contribution in [0, 0.1) is 13.8 Å². The van der Waals surface area contributed by atoms with E-state index in [1.54, 1.807) is 23.1 Å². The van der Waals surface area contributed by atoms with Crippen LogP contribution in [-0.4, -0.2) is 20.4 Å². The van der Waals surface area contributed by atoms with Crippen molar-refractivity contribution >= 4 is 23.1 Å². The van der Waals surface area contributed by atoms with Gasteiger partial charge < -0.3 is 4.42 Å². The number of benzene rings is 1. The summed E-state index contributed by atoms with van der Waals surface area (Å²) in [5.74, 6) is 1.15. The SMILES string of the molecule is Cc1cccc(-c2nnc(C(C)Sc3nnc(C)s3)o2)c1. The lowest BCUT2D eigenvalue weighted by molar-refractivity contribution is 0.509. The van der Waals surface area contributed by atoms with E-state index >= 15 is 0 Å². The molecule has 1 unspecified atom stereocenters. The fourth-order valence-electron chi connectivity index (χ4n) is 1.82. The maximum Gasteiger partial charge on any atom is 0.247 e. The van der Waals surface area contributed by atoms with Gasteiger partial charge in [-0.1, -0.05) is 40.8 Å². The molecule has 0 radical (unpaired) electrons. The summed E-state index contributed by atoms with van der Waals surface area (Å²) < 4.78 is 6.69. The van der Waals surface area contributed by atoms with Crippen LogP contribution in [0.5, 0.6) is 0 Å². The van der Waals surface area contributed by atoms with E-state index in [9.17, 15) is 0 Å². The molecule has 0 spiro atoms. The van der Waals surface area contributed by atoms with E-state index in [1.807, 2.05) is 45.0 Å². The van der Waals surface area contributed by atoms with Crippen LogP contribution in [0.15, 0.2) is 33.0 Å². The second-order valence-electron chi connectivity index (χ2n) is 4.66. The van der Waals surface area contributed by atoms with Crippen molar-refractivity contribution in [1.82, 2.24) is 20.4 Å². The normalized spacial score (nSPS) is 12.5. The van der Waals surface area contributed by atoms with Crippen LogP contribution in [0.1, 0.15) is 28.6 Å². The van der Waals surface area contributed by atoms with Crippen molar-refractivity contribution < 1.29 is 4.42 Å². The van der Waals surface area contributed by atoms with Gasteiger partial charge in [-0.15, -0.1) is 20.4 Å². The molecule has 0 amide bonds. The van der Waals surface area contributed by atoms with Gasteiger partial charge in [0.15, 0.2) is 4.34 Å². The van der Waals surface area contributed by atoms with E-state index in [1.165, 1.54) is 5.56 Å². The van der Waals surface area contributed by atoms with E-state index in [0.717, 1.165) is 14.9 Å². The molecule has 1 aromatic carbocycles. The molecule has 0 saturated carbocycles. The van der Waals surface area contributed by atoms with Crippen LogP contribution in [0.4, 0.5) is 0 Å². The van der Waals surface area contributed by atoms with Crippen LogP contribution < -0.4 is 0 Å². The second-order valence-corrected chi connectivity index (χ2v) is 7.43. The van der Waals surface area contributed by atoms with Gasteiger partial charge in [0.25, 0.3) is 0 Å². The molecule has 21 heavy (non-hydrogen) atoms. The quantitative estimate of drug-likeness (QED) is 0.676. The molecule has 0 aliphatic heterocycles. The lowest BCUT2D eigenvalue weighted by Gasteiger charge is -2.02. The fourth-order valence-corrected chi connectivity index (χ4v) is 3.81. The molecular weight excluding hydrogens is 304 g/mol. The number of nitrogens with zero attached hydrogens (tertiary/aromatic N) is 4. The fraction of sp³-hybridized carbons (Fsp3) is 0.286. The third kappa shape index (κ3) is 3.30. The van der Waals surface area contributed by atoms with Gasteiger partial charge in [0.05, 0.1) is 5.25 Å². The monoisotopic (exact) mass is 318 g/mol. The Morgan fingerprint density at radius 2 is 2.00 bits per heavy atom. The highest BCUT2D eigenvalue weighted by atomic mass is 32.2. The average molecular weight is 318 g/mol. The number of hydrogen-bond donors (Lipinski definition) is 0. The van der Waals surface area contributed by atoms with Gasteiger partial charge in [-0.3, -0.25) is 0 Å². The highest BCUT2D eigenvalue weighted by Crippen LogP contribution is 2.36. The first kappa shape index (κ1) is 14.2. The highest BCUT2D eigenvalue weighted by molar-refractivity contribution is 8.01. The molecule has 5 nitrogen and oxygen atoms in total. The first-order chi connectivity index (χ1) is 10.1. The zero-order chi connectivity index (χ0) is 14.8. The van der Waals surface area contributed by atoms with Crippen molar-refractivity contribution in [3.63, 3.8) is 0 Å². The molecule has 7 heteroatoms. The van der Waals surface area contributed by atoms with Crippen molar-refractivity contribution in [2.75, 3.05) is 0 Å². The number of rotatable bonds is 4. The van der Waals surface area contributed by atoms with E-state index in [4.69, 9.17) is 4.42 Å². The van der Waals surface area contributed by atoms with Gasteiger partial charge in [-0.2, -0.15) is 0 Å². The summed E-state index contributed by atoms with van der Waals surface area (Å²) in [5, 5.41) is 17.4. The Kier molecular flexibility index (Phi) is 4.03. The number of thioether (sulfide) groups is 1. The van der Waals surface area contributed by atoms with Crippen LogP contribution in [0.3, 0.4) is 0 Å². The smallest absolute Gasteiger partial charge is 0.247 e. The summed E-state index contributed by atoms with van der Waals surface area (Å²) in [6, 6.07) is 8.02. The van der Waals surface area contributed by atoms with Gasteiger partial charge in [0, 0.05) is 5.56 Å². The highest BCUT2D eigenvalue weighted by Gasteiger charge is 2.18. The zero-order valence-electron chi connectivity index (χ0n) is 11.9. The Hall–Kier alpha value is -1.73. The summed E-state index contributed by atoms with van der Waals surface area (Å²) in [6.07, 6.45) is 0. The summed E-state index contributed by atoms with van der Waals surface area (Å²) in [4.78, 5) is 0. The lowest BCUT2D eigenvalue weighted by atomic mass is 10.1. The van der Waals surface area contributed by atoms with Gasteiger partial charge in [-0.25, -0.2) is 0 Å². The van der Waals surface area contributed by atoms with Crippen molar-refractivity contribution in [2.24, 2.45) is 0 Å². The third-order valence-corrected chi connectivity index (χ3v) is 4.85. The van der Waals surface area contributed by atoms with Crippen molar-refractivity contribution in [1.29, 1.82) is 0 Å². The Morgan fingerprint density at radius 3 is 2.71 bits per heavy atom. The minimum absolute atomic E-state index is 0.0448. The zero-order valence-corrected chi connectivity index (χ0v) is 13.5. The molecule has 3 aromatic rings. The summed E-state index contributed by atoms with van der Waals surface area (Å²) in [6.45, 7) is 6.00. The van der Waals surface area contributed by atoms with Crippen LogP contribution in [0.25, 0.3) is 11.5 Å². The van der Waals surface area contributed by atoms with E-state index in [0.29, 0.717) is 11.8 Å². The molecule has 0 fully saturated rings. The van der Waals surface area contributed by atoms with Gasteiger partial charge in [0.1, 0.15) is 5.01 Å². The number of aromatic nitrogens is 4. The second kappa shape index (κ2) is 5.95.